The van der Waals surface area contributed by atoms with Crippen LogP contribution in [0.1, 0.15) is 15.9 Å². The molecule has 104 valence electrons. The van der Waals surface area contributed by atoms with Crippen LogP contribution in [0.3, 0.4) is 0 Å². The first-order valence-corrected chi connectivity index (χ1v) is 6.02. The smallest absolute Gasteiger partial charge is 0.255 e. The predicted molar refractivity (Wildman–Crippen MR) is 75.0 cm³/mol. The van der Waals surface area contributed by atoms with Gasteiger partial charge in [-0.05, 0) is 35.9 Å². The van der Waals surface area contributed by atoms with Crippen molar-refractivity contribution in [1.82, 2.24) is 0 Å². The summed E-state index contributed by atoms with van der Waals surface area (Å²) in [6, 6.07) is 11.3. The number of carbonyl (C=O) groups excluding carboxylic acids is 1. The maximum Gasteiger partial charge on any atom is 0.255 e. The summed E-state index contributed by atoms with van der Waals surface area (Å²) in [5.41, 5.74) is 1.71. The van der Waals surface area contributed by atoms with E-state index in [0.717, 1.165) is 5.56 Å². The molecule has 0 heterocycles. The molecule has 0 fully saturated rings. The van der Waals surface area contributed by atoms with Gasteiger partial charge in [0, 0.05) is 11.3 Å². The van der Waals surface area contributed by atoms with Crippen molar-refractivity contribution in [1.29, 1.82) is 0 Å². The van der Waals surface area contributed by atoms with Gasteiger partial charge in [-0.15, -0.1) is 0 Å². The molecular weight excluding hydrogens is 258 g/mol. The van der Waals surface area contributed by atoms with Crippen LogP contribution in [0.2, 0.25) is 0 Å². The molecule has 0 spiro atoms. The average Bonchev–Trinajstić information content (AvgIpc) is 2.48. The fourth-order valence-electron chi connectivity index (χ4n) is 1.73. The topological polar surface area (TPSA) is 78.8 Å². The molecule has 5 nitrogen and oxygen atoms in total. The molecule has 2 rings (SSSR count). The summed E-state index contributed by atoms with van der Waals surface area (Å²) in [6.07, 6.45) is 0. The molecule has 0 atom stereocenters. The average molecular weight is 273 g/mol. The molecule has 0 aliphatic carbocycles. The lowest BCUT2D eigenvalue weighted by atomic mass is 10.1. The van der Waals surface area contributed by atoms with Gasteiger partial charge in [-0.3, -0.25) is 4.79 Å². The van der Waals surface area contributed by atoms with Crippen molar-refractivity contribution in [2.45, 2.75) is 6.61 Å². The minimum Gasteiger partial charge on any atom is -0.504 e. The molecule has 20 heavy (non-hydrogen) atoms. The summed E-state index contributed by atoms with van der Waals surface area (Å²) >= 11 is 0. The van der Waals surface area contributed by atoms with Gasteiger partial charge in [0.25, 0.3) is 5.91 Å². The van der Waals surface area contributed by atoms with Crippen LogP contribution in [-0.4, -0.2) is 23.2 Å². The van der Waals surface area contributed by atoms with Crippen LogP contribution < -0.4 is 10.1 Å². The Bertz CT molecular complexity index is 608. The summed E-state index contributed by atoms with van der Waals surface area (Å²) < 4.78 is 4.92. The summed E-state index contributed by atoms with van der Waals surface area (Å²) in [7, 11) is 1.44. The van der Waals surface area contributed by atoms with E-state index in [1.54, 1.807) is 30.3 Å². The second-order valence-corrected chi connectivity index (χ2v) is 4.20. The summed E-state index contributed by atoms with van der Waals surface area (Å²) in [4.78, 5) is 12.0. The van der Waals surface area contributed by atoms with Gasteiger partial charge in [-0.25, -0.2) is 0 Å². The number of hydrogen-bond donors (Lipinski definition) is 3. The number of aromatic hydroxyl groups is 1. The highest BCUT2D eigenvalue weighted by molar-refractivity contribution is 6.04. The van der Waals surface area contributed by atoms with Gasteiger partial charge in [0.1, 0.15) is 0 Å². The molecule has 1 amide bonds. The Morgan fingerprint density at radius 3 is 2.45 bits per heavy atom. The number of phenolic OH excluding ortho intramolecular Hbond substituents is 1. The molecular formula is C15H15NO4. The number of aliphatic hydroxyl groups is 1. The van der Waals surface area contributed by atoms with Crippen LogP contribution in [0.25, 0.3) is 0 Å². The van der Waals surface area contributed by atoms with Crippen LogP contribution in [0, 0.1) is 0 Å². The molecule has 0 saturated carbocycles. The van der Waals surface area contributed by atoms with Gasteiger partial charge in [0.2, 0.25) is 0 Å². The first kappa shape index (κ1) is 13.9. The number of methoxy groups -OCH3 is 1. The number of carbonyl (C=O) groups is 1. The zero-order valence-corrected chi connectivity index (χ0v) is 11.0. The quantitative estimate of drug-likeness (QED) is 0.797. The zero-order chi connectivity index (χ0) is 14.5. The van der Waals surface area contributed by atoms with E-state index in [2.05, 4.69) is 5.32 Å². The van der Waals surface area contributed by atoms with Crippen LogP contribution in [0.15, 0.2) is 42.5 Å². The zero-order valence-electron chi connectivity index (χ0n) is 11.0. The van der Waals surface area contributed by atoms with E-state index >= 15 is 0 Å². The van der Waals surface area contributed by atoms with Crippen molar-refractivity contribution in [3.8, 4) is 11.5 Å². The highest BCUT2D eigenvalue weighted by Gasteiger charge is 2.09. The highest BCUT2D eigenvalue weighted by atomic mass is 16.5. The predicted octanol–water partition coefficient (Wildman–Crippen LogP) is 2.15. The molecule has 3 N–H and O–H groups in total. The normalized spacial score (nSPS) is 10.1. The van der Waals surface area contributed by atoms with Crippen molar-refractivity contribution in [3.05, 3.63) is 53.6 Å². The van der Waals surface area contributed by atoms with Gasteiger partial charge in [-0.2, -0.15) is 0 Å². The first-order chi connectivity index (χ1) is 9.63. The first-order valence-electron chi connectivity index (χ1n) is 6.02. The van der Waals surface area contributed by atoms with Gasteiger partial charge >= 0.3 is 0 Å². The lowest BCUT2D eigenvalue weighted by molar-refractivity contribution is 0.102. The van der Waals surface area contributed by atoms with Gasteiger partial charge in [-0.1, -0.05) is 12.1 Å². The maximum absolute atomic E-state index is 12.0. The highest BCUT2D eigenvalue weighted by Crippen LogP contribution is 2.26. The number of nitrogens with one attached hydrogen (secondary N) is 1. The summed E-state index contributed by atoms with van der Waals surface area (Å²) in [5, 5.41) is 21.3. The SMILES string of the molecule is COc1ccc(C(=O)Nc2ccc(CO)cc2)cc1O. The van der Waals surface area contributed by atoms with Crippen molar-refractivity contribution >= 4 is 11.6 Å². The van der Waals surface area contributed by atoms with Crippen LogP contribution >= 0.6 is 0 Å². The van der Waals surface area contributed by atoms with E-state index in [0.29, 0.717) is 17.0 Å². The number of benzene rings is 2. The Balaban J connectivity index is 2.12. The largest absolute Gasteiger partial charge is 0.504 e. The molecule has 0 aliphatic rings. The minimum atomic E-state index is -0.334. The number of phenols is 1. The lowest BCUT2D eigenvalue weighted by Gasteiger charge is -2.08. The van der Waals surface area contributed by atoms with Crippen LogP contribution in [-0.2, 0) is 6.61 Å². The number of hydrogen-bond acceptors (Lipinski definition) is 4. The maximum atomic E-state index is 12.0. The molecule has 0 aromatic heterocycles. The molecule has 0 saturated heterocycles. The Morgan fingerprint density at radius 2 is 1.90 bits per heavy atom. The monoisotopic (exact) mass is 273 g/mol. The number of aliphatic hydroxyl groups excluding tert-OH is 1. The van der Waals surface area contributed by atoms with E-state index in [-0.39, 0.29) is 18.3 Å². The number of amides is 1. The third kappa shape index (κ3) is 3.07. The van der Waals surface area contributed by atoms with E-state index in [1.165, 1.54) is 19.2 Å². The Kier molecular flexibility index (Phi) is 4.22. The number of anilines is 1. The van der Waals surface area contributed by atoms with Crippen molar-refractivity contribution in [3.63, 3.8) is 0 Å². The van der Waals surface area contributed by atoms with E-state index in [9.17, 15) is 9.90 Å². The number of rotatable bonds is 4. The van der Waals surface area contributed by atoms with Gasteiger partial charge in [0.15, 0.2) is 11.5 Å². The fourth-order valence-corrected chi connectivity index (χ4v) is 1.73. The second kappa shape index (κ2) is 6.08. The summed E-state index contributed by atoms with van der Waals surface area (Å²) in [5.74, 6) is -0.107. The number of ether oxygens (including phenoxy) is 1. The molecule has 5 heteroatoms. The standard InChI is InChI=1S/C15H15NO4/c1-20-14-7-4-11(8-13(14)18)15(19)16-12-5-2-10(9-17)3-6-12/h2-8,17-18H,9H2,1H3,(H,16,19). The van der Waals surface area contributed by atoms with Crippen molar-refractivity contribution < 1.29 is 19.7 Å². The van der Waals surface area contributed by atoms with Crippen LogP contribution in [0.5, 0.6) is 11.5 Å². The minimum absolute atomic E-state index is 0.0411. The second-order valence-electron chi connectivity index (χ2n) is 4.20. The molecule has 0 radical (unpaired) electrons. The van der Waals surface area contributed by atoms with Crippen molar-refractivity contribution in [2.24, 2.45) is 0 Å². The van der Waals surface area contributed by atoms with Gasteiger partial charge < -0.3 is 20.3 Å². The third-order valence-corrected chi connectivity index (χ3v) is 2.84. The molecule has 0 unspecified atom stereocenters. The fraction of sp³-hybridized carbons (Fsp3) is 0.133. The molecule has 2 aromatic carbocycles. The molecule has 2 aromatic rings. The Hall–Kier alpha value is -2.53. The van der Waals surface area contributed by atoms with Crippen molar-refractivity contribution in [2.75, 3.05) is 12.4 Å². The van der Waals surface area contributed by atoms with Crippen LogP contribution in [0.4, 0.5) is 5.69 Å². The molecule has 0 bridgehead atoms. The lowest BCUT2D eigenvalue weighted by Crippen LogP contribution is -2.11. The van der Waals surface area contributed by atoms with E-state index < -0.39 is 0 Å². The third-order valence-electron chi connectivity index (χ3n) is 2.84. The van der Waals surface area contributed by atoms with E-state index in [4.69, 9.17) is 9.84 Å². The molecule has 0 aliphatic heterocycles. The Morgan fingerprint density at radius 1 is 1.20 bits per heavy atom. The van der Waals surface area contributed by atoms with Gasteiger partial charge in [0.05, 0.1) is 13.7 Å². The Labute approximate surface area is 116 Å². The van der Waals surface area contributed by atoms with E-state index in [1.807, 2.05) is 0 Å². The summed E-state index contributed by atoms with van der Waals surface area (Å²) in [6.45, 7) is -0.0411.